The average molecular weight is 277 g/mol. The number of para-hydroxylation sites is 1. The molecule has 0 bridgehead atoms. The molecular weight excluding hydrogens is 254 g/mol. The van der Waals surface area contributed by atoms with Gasteiger partial charge >= 0.3 is 0 Å². The number of hydrogen-bond acceptors (Lipinski definition) is 4. The second kappa shape index (κ2) is 6.13. The molecule has 3 N–H and O–H groups in total. The Morgan fingerprint density at radius 3 is 2.85 bits per heavy atom. The molecule has 1 aromatic carbocycles. The number of hydrogen-bond donors (Lipinski definition) is 2. The molecule has 0 aliphatic heterocycles. The first kappa shape index (κ1) is 14.7. The van der Waals surface area contributed by atoms with Crippen LogP contribution >= 0.6 is 0 Å². The smallest absolute Gasteiger partial charge is 0.253 e. The first-order valence-electron chi connectivity index (χ1n) is 6.97. The minimum atomic E-state index is -0.155. The molecule has 5 heteroatoms. The van der Waals surface area contributed by atoms with Crippen molar-refractivity contribution in [1.29, 1.82) is 0 Å². The van der Waals surface area contributed by atoms with Gasteiger partial charge in [-0.2, -0.15) is 0 Å². The summed E-state index contributed by atoms with van der Waals surface area (Å²) in [6.07, 6.45) is 2.52. The SMILES string of the molecule is COc1cccc(C(=O)NCC(C)N(C)C2CC2)c1N. The summed E-state index contributed by atoms with van der Waals surface area (Å²) >= 11 is 0. The van der Waals surface area contributed by atoms with Gasteiger partial charge in [-0.1, -0.05) is 6.07 Å². The summed E-state index contributed by atoms with van der Waals surface area (Å²) in [6, 6.07) is 6.23. The van der Waals surface area contributed by atoms with E-state index < -0.39 is 0 Å². The number of ether oxygens (including phenoxy) is 1. The number of anilines is 1. The first-order chi connectivity index (χ1) is 9.54. The van der Waals surface area contributed by atoms with Gasteiger partial charge in [0, 0.05) is 18.6 Å². The maximum atomic E-state index is 12.2. The van der Waals surface area contributed by atoms with E-state index in [4.69, 9.17) is 10.5 Å². The van der Waals surface area contributed by atoms with Crippen LogP contribution in [0.3, 0.4) is 0 Å². The van der Waals surface area contributed by atoms with Crippen LogP contribution in [0, 0.1) is 0 Å². The van der Waals surface area contributed by atoms with Crippen molar-refractivity contribution < 1.29 is 9.53 Å². The molecule has 110 valence electrons. The van der Waals surface area contributed by atoms with E-state index in [1.165, 1.54) is 12.8 Å². The van der Waals surface area contributed by atoms with E-state index in [1.54, 1.807) is 25.3 Å². The number of carbonyl (C=O) groups excluding carboxylic acids is 1. The number of nitrogens with one attached hydrogen (secondary N) is 1. The highest BCUT2D eigenvalue weighted by Gasteiger charge is 2.29. The van der Waals surface area contributed by atoms with Crippen LogP contribution in [0.5, 0.6) is 5.75 Å². The zero-order valence-corrected chi connectivity index (χ0v) is 12.3. The Labute approximate surface area is 120 Å². The molecule has 1 amide bonds. The van der Waals surface area contributed by atoms with Crippen molar-refractivity contribution in [2.24, 2.45) is 0 Å². The van der Waals surface area contributed by atoms with Crippen molar-refractivity contribution in [3.05, 3.63) is 23.8 Å². The lowest BCUT2D eigenvalue weighted by atomic mass is 10.1. The number of nitrogens with zero attached hydrogens (tertiary/aromatic N) is 1. The third-order valence-electron chi connectivity index (χ3n) is 3.91. The number of likely N-dealkylation sites (N-methyl/N-ethyl adjacent to an activating group) is 1. The molecule has 5 nitrogen and oxygen atoms in total. The molecule has 1 atom stereocenters. The number of methoxy groups -OCH3 is 1. The molecule has 0 saturated heterocycles. The first-order valence-corrected chi connectivity index (χ1v) is 6.97. The van der Waals surface area contributed by atoms with Crippen LogP contribution in [0.25, 0.3) is 0 Å². The standard InChI is InChI=1S/C15H23N3O2/c1-10(18(2)11-7-8-11)9-17-15(19)12-5-4-6-13(20-3)14(12)16/h4-6,10-11H,7-9,16H2,1-3H3,(H,17,19). The highest BCUT2D eigenvalue weighted by molar-refractivity contribution is 6.00. The Kier molecular flexibility index (Phi) is 4.49. The van der Waals surface area contributed by atoms with Gasteiger partial charge < -0.3 is 15.8 Å². The van der Waals surface area contributed by atoms with Crippen LogP contribution in [-0.2, 0) is 0 Å². The summed E-state index contributed by atoms with van der Waals surface area (Å²) in [6.45, 7) is 2.73. The summed E-state index contributed by atoms with van der Waals surface area (Å²) in [4.78, 5) is 14.5. The molecule has 1 saturated carbocycles. The van der Waals surface area contributed by atoms with E-state index in [9.17, 15) is 4.79 Å². The molecule has 20 heavy (non-hydrogen) atoms. The van der Waals surface area contributed by atoms with E-state index in [-0.39, 0.29) is 5.91 Å². The Bertz CT molecular complexity index is 486. The Hall–Kier alpha value is -1.75. The van der Waals surface area contributed by atoms with Gasteiger partial charge in [-0.15, -0.1) is 0 Å². The lowest BCUT2D eigenvalue weighted by molar-refractivity contribution is 0.0940. The number of nitrogens with two attached hydrogens (primary N) is 1. The molecule has 1 aromatic rings. The zero-order valence-electron chi connectivity index (χ0n) is 12.3. The van der Waals surface area contributed by atoms with Crippen molar-refractivity contribution in [3.8, 4) is 5.75 Å². The van der Waals surface area contributed by atoms with Crippen molar-refractivity contribution >= 4 is 11.6 Å². The van der Waals surface area contributed by atoms with E-state index in [2.05, 4.69) is 24.2 Å². The van der Waals surface area contributed by atoms with Gasteiger partial charge in [0.1, 0.15) is 5.75 Å². The fraction of sp³-hybridized carbons (Fsp3) is 0.533. The minimum Gasteiger partial charge on any atom is -0.495 e. The molecule has 0 spiro atoms. The van der Waals surface area contributed by atoms with Crippen molar-refractivity contribution in [3.63, 3.8) is 0 Å². The predicted octanol–water partition coefficient (Wildman–Crippen LogP) is 1.49. The fourth-order valence-corrected chi connectivity index (χ4v) is 2.24. The maximum Gasteiger partial charge on any atom is 0.253 e. The van der Waals surface area contributed by atoms with Gasteiger partial charge in [0.2, 0.25) is 0 Å². The molecule has 0 radical (unpaired) electrons. The highest BCUT2D eigenvalue weighted by Crippen LogP contribution is 2.27. The number of benzene rings is 1. The normalized spacial score (nSPS) is 16.0. The second-order valence-corrected chi connectivity index (χ2v) is 5.38. The Morgan fingerprint density at radius 2 is 2.25 bits per heavy atom. The zero-order chi connectivity index (χ0) is 14.7. The van der Waals surface area contributed by atoms with Gasteiger partial charge in [0.15, 0.2) is 0 Å². The van der Waals surface area contributed by atoms with E-state index in [0.29, 0.717) is 35.6 Å². The van der Waals surface area contributed by atoms with Gasteiger partial charge in [-0.05, 0) is 38.9 Å². The van der Waals surface area contributed by atoms with Gasteiger partial charge in [-0.3, -0.25) is 9.69 Å². The quantitative estimate of drug-likeness (QED) is 0.773. The number of amides is 1. The highest BCUT2D eigenvalue weighted by atomic mass is 16.5. The summed E-state index contributed by atoms with van der Waals surface area (Å²) in [5.41, 5.74) is 6.77. The Morgan fingerprint density at radius 1 is 1.55 bits per heavy atom. The largest absolute Gasteiger partial charge is 0.495 e. The lowest BCUT2D eigenvalue weighted by Gasteiger charge is -2.24. The topological polar surface area (TPSA) is 67.6 Å². The van der Waals surface area contributed by atoms with Crippen molar-refractivity contribution in [2.45, 2.75) is 31.8 Å². The summed E-state index contributed by atoms with van der Waals surface area (Å²) in [5, 5.41) is 2.94. The predicted molar refractivity (Wildman–Crippen MR) is 80.0 cm³/mol. The molecule has 1 aliphatic rings. The molecule has 1 fully saturated rings. The van der Waals surface area contributed by atoms with Crippen LogP contribution in [0.4, 0.5) is 5.69 Å². The van der Waals surface area contributed by atoms with Crippen LogP contribution in [0.2, 0.25) is 0 Å². The fourth-order valence-electron chi connectivity index (χ4n) is 2.24. The van der Waals surface area contributed by atoms with Crippen LogP contribution in [0.15, 0.2) is 18.2 Å². The summed E-state index contributed by atoms with van der Waals surface area (Å²) in [7, 11) is 3.65. The van der Waals surface area contributed by atoms with Gasteiger partial charge in [0.25, 0.3) is 5.91 Å². The number of rotatable bonds is 6. The van der Waals surface area contributed by atoms with E-state index >= 15 is 0 Å². The molecule has 1 aliphatic carbocycles. The second-order valence-electron chi connectivity index (χ2n) is 5.38. The molecule has 0 aromatic heterocycles. The van der Waals surface area contributed by atoms with Crippen molar-refractivity contribution in [1.82, 2.24) is 10.2 Å². The van der Waals surface area contributed by atoms with Gasteiger partial charge in [0.05, 0.1) is 18.4 Å². The number of nitrogen functional groups attached to an aromatic ring is 1. The average Bonchev–Trinajstić information content (AvgIpc) is 3.28. The molecule has 2 rings (SSSR count). The van der Waals surface area contributed by atoms with Gasteiger partial charge in [-0.25, -0.2) is 0 Å². The number of carbonyl (C=O) groups is 1. The lowest BCUT2D eigenvalue weighted by Crippen LogP contribution is -2.41. The molecular formula is C15H23N3O2. The van der Waals surface area contributed by atoms with Crippen molar-refractivity contribution in [2.75, 3.05) is 26.4 Å². The molecule has 1 unspecified atom stereocenters. The van der Waals surface area contributed by atoms with Crippen LogP contribution < -0.4 is 15.8 Å². The summed E-state index contributed by atoms with van der Waals surface area (Å²) in [5.74, 6) is 0.373. The van der Waals surface area contributed by atoms with E-state index in [1.807, 2.05) is 0 Å². The monoisotopic (exact) mass is 277 g/mol. The summed E-state index contributed by atoms with van der Waals surface area (Å²) < 4.78 is 5.13. The molecule has 0 heterocycles. The van der Waals surface area contributed by atoms with Crippen LogP contribution in [-0.4, -0.2) is 43.6 Å². The van der Waals surface area contributed by atoms with E-state index in [0.717, 1.165) is 0 Å². The van der Waals surface area contributed by atoms with Crippen LogP contribution in [0.1, 0.15) is 30.1 Å². The third kappa shape index (κ3) is 3.22. The minimum absolute atomic E-state index is 0.155. The Balaban J connectivity index is 1.94. The third-order valence-corrected chi connectivity index (χ3v) is 3.91. The maximum absolute atomic E-state index is 12.2.